The number of aromatic hydroxyl groups is 2. The quantitative estimate of drug-likeness (QED) is 0.281. The first kappa shape index (κ1) is 18.5. The number of aryl methyl sites for hydroxylation is 2. The minimum absolute atomic E-state index is 0.0650. The Labute approximate surface area is 175 Å². The van der Waals surface area contributed by atoms with Gasteiger partial charge in [0.15, 0.2) is 5.58 Å². The van der Waals surface area contributed by atoms with Crippen LogP contribution in [0.25, 0.3) is 22.6 Å². The molecule has 0 fully saturated rings. The molecular weight excluding hydrogens is 467 g/mol. The zero-order valence-corrected chi connectivity index (χ0v) is 17.4. The lowest BCUT2D eigenvalue weighted by atomic mass is 10.1. The van der Waals surface area contributed by atoms with Crippen LogP contribution in [0.1, 0.15) is 16.7 Å². The van der Waals surface area contributed by atoms with Crippen molar-refractivity contribution in [3.05, 3.63) is 68.8 Å². The van der Waals surface area contributed by atoms with Gasteiger partial charge in [-0.3, -0.25) is 4.99 Å². The summed E-state index contributed by atoms with van der Waals surface area (Å²) in [5.74, 6) is 0.599. The van der Waals surface area contributed by atoms with Crippen LogP contribution in [0.3, 0.4) is 0 Å². The van der Waals surface area contributed by atoms with E-state index in [1.54, 1.807) is 24.4 Å². The SMILES string of the molecule is Cc1cc(I)c(O)c(C=Nc2ccc(O)c(-c3nc4ccc(C)cc4o3)c2)c1. The van der Waals surface area contributed by atoms with Crippen LogP contribution < -0.4 is 0 Å². The summed E-state index contributed by atoms with van der Waals surface area (Å²) in [5.41, 5.74) is 5.22. The van der Waals surface area contributed by atoms with E-state index in [2.05, 4.69) is 32.6 Å². The van der Waals surface area contributed by atoms with Crippen LogP contribution in [0.15, 0.2) is 57.9 Å². The molecule has 1 aromatic heterocycles. The fraction of sp³-hybridized carbons (Fsp3) is 0.0909. The monoisotopic (exact) mass is 484 g/mol. The Morgan fingerprint density at radius 3 is 2.64 bits per heavy atom. The minimum Gasteiger partial charge on any atom is -0.507 e. The zero-order valence-electron chi connectivity index (χ0n) is 15.3. The molecule has 0 spiro atoms. The van der Waals surface area contributed by atoms with Crippen LogP contribution in [-0.4, -0.2) is 21.4 Å². The highest BCUT2D eigenvalue weighted by atomic mass is 127. The van der Waals surface area contributed by atoms with Crippen LogP contribution in [0.5, 0.6) is 11.5 Å². The summed E-state index contributed by atoms with van der Waals surface area (Å²) in [5, 5.41) is 20.5. The molecule has 2 N–H and O–H groups in total. The average molecular weight is 484 g/mol. The van der Waals surface area contributed by atoms with Gasteiger partial charge in [-0.05, 0) is 90.0 Å². The van der Waals surface area contributed by atoms with Gasteiger partial charge in [0.1, 0.15) is 17.0 Å². The molecule has 1 heterocycles. The first-order valence-electron chi connectivity index (χ1n) is 8.64. The highest BCUT2D eigenvalue weighted by Crippen LogP contribution is 2.34. The predicted octanol–water partition coefficient (Wildman–Crippen LogP) is 5.88. The summed E-state index contributed by atoms with van der Waals surface area (Å²) in [6, 6.07) is 14.5. The molecule has 0 bridgehead atoms. The van der Waals surface area contributed by atoms with Crippen LogP contribution in [0.4, 0.5) is 5.69 Å². The fourth-order valence-electron chi connectivity index (χ4n) is 2.93. The lowest BCUT2D eigenvalue weighted by Gasteiger charge is -2.04. The molecule has 28 heavy (non-hydrogen) atoms. The number of halogens is 1. The maximum Gasteiger partial charge on any atom is 0.231 e. The summed E-state index contributed by atoms with van der Waals surface area (Å²) in [6.45, 7) is 3.95. The molecule has 6 heteroatoms. The molecule has 0 saturated heterocycles. The second-order valence-electron chi connectivity index (χ2n) is 6.63. The molecule has 0 aliphatic heterocycles. The molecule has 4 rings (SSSR count). The largest absolute Gasteiger partial charge is 0.507 e. The van der Waals surface area contributed by atoms with Crippen LogP contribution in [0.2, 0.25) is 0 Å². The van der Waals surface area contributed by atoms with Crippen LogP contribution in [0, 0.1) is 17.4 Å². The van der Waals surface area contributed by atoms with Crippen molar-refractivity contribution in [1.29, 1.82) is 0 Å². The van der Waals surface area contributed by atoms with E-state index in [4.69, 9.17) is 4.42 Å². The van der Waals surface area contributed by atoms with Gasteiger partial charge in [0.2, 0.25) is 5.89 Å². The number of oxazole rings is 1. The van der Waals surface area contributed by atoms with Gasteiger partial charge in [0.25, 0.3) is 0 Å². The topological polar surface area (TPSA) is 78.9 Å². The fourth-order valence-corrected chi connectivity index (χ4v) is 3.73. The molecule has 0 unspecified atom stereocenters. The summed E-state index contributed by atoms with van der Waals surface area (Å²) in [4.78, 5) is 8.91. The Morgan fingerprint density at radius 2 is 1.82 bits per heavy atom. The van der Waals surface area contributed by atoms with Crippen molar-refractivity contribution in [2.24, 2.45) is 4.99 Å². The molecule has 5 nitrogen and oxygen atoms in total. The number of phenolic OH excluding ortho intramolecular Hbond substituents is 2. The number of nitrogens with zero attached hydrogens (tertiary/aromatic N) is 2. The predicted molar refractivity (Wildman–Crippen MR) is 119 cm³/mol. The molecular formula is C22H17IN2O3. The van der Waals surface area contributed by atoms with Crippen molar-refractivity contribution >= 4 is 45.6 Å². The minimum atomic E-state index is 0.0650. The van der Waals surface area contributed by atoms with Crippen molar-refractivity contribution in [3.63, 3.8) is 0 Å². The Bertz CT molecular complexity index is 1230. The number of hydrogen-bond donors (Lipinski definition) is 2. The Balaban J connectivity index is 1.73. The highest BCUT2D eigenvalue weighted by Gasteiger charge is 2.13. The average Bonchev–Trinajstić information content (AvgIpc) is 3.07. The van der Waals surface area contributed by atoms with E-state index in [1.807, 2.05) is 44.2 Å². The van der Waals surface area contributed by atoms with Gasteiger partial charge in [-0.1, -0.05) is 6.07 Å². The Hall–Kier alpha value is -2.87. The number of rotatable bonds is 3. The molecule has 140 valence electrons. The maximum atomic E-state index is 10.3. The number of hydrogen-bond acceptors (Lipinski definition) is 5. The smallest absolute Gasteiger partial charge is 0.231 e. The second-order valence-corrected chi connectivity index (χ2v) is 7.80. The van der Waals surface area contributed by atoms with Crippen molar-refractivity contribution in [1.82, 2.24) is 4.98 Å². The molecule has 4 aromatic rings. The van der Waals surface area contributed by atoms with E-state index >= 15 is 0 Å². The second kappa shape index (κ2) is 7.27. The normalized spacial score (nSPS) is 11.5. The first-order valence-corrected chi connectivity index (χ1v) is 9.72. The van der Waals surface area contributed by atoms with E-state index in [1.165, 1.54) is 0 Å². The number of aliphatic imine (C=N–C) groups is 1. The van der Waals surface area contributed by atoms with E-state index in [9.17, 15) is 10.2 Å². The molecule has 0 saturated carbocycles. The van der Waals surface area contributed by atoms with Gasteiger partial charge in [-0.15, -0.1) is 0 Å². The lowest BCUT2D eigenvalue weighted by Crippen LogP contribution is -1.88. The summed E-state index contributed by atoms with van der Waals surface area (Å²) in [7, 11) is 0. The van der Waals surface area contributed by atoms with Gasteiger partial charge in [0, 0.05) is 11.8 Å². The van der Waals surface area contributed by atoms with Gasteiger partial charge in [-0.2, -0.15) is 0 Å². The Morgan fingerprint density at radius 1 is 1.00 bits per heavy atom. The number of benzene rings is 3. The third kappa shape index (κ3) is 3.60. The van der Waals surface area contributed by atoms with Crippen molar-refractivity contribution in [3.8, 4) is 23.0 Å². The highest BCUT2D eigenvalue weighted by molar-refractivity contribution is 14.1. The number of aromatic nitrogens is 1. The third-order valence-corrected chi connectivity index (χ3v) is 5.17. The van der Waals surface area contributed by atoms with Gasteiger partial charge >= 0.3 is 0 Å². The number of fused-ring (bicyclic) bond motifs is 1. The van der Waals surface area contributed by atoms with E-state index in [0.29, 0.717) is 28.3 Å². The maximum absolute atomic E-state index is 10.3. The van der Waals surface area contributed by atoms with Gasteiger partial charge in [-0.25, -0.2) is 4.98 Å². The van der Waals surface area contributed by atoms with Gasteiger partial charge < -0.3 is 14.6 Å². The van der Waals surface area contributed by atoms with Crippen LogP contribution >= 0.6 is 22.6 Å². The van der Waals surface area contributed by atoms with E-state index in [-0.39, 0.29) is 11.5 Å². The van der Waals surface area contributed by atoms with Crippen LogP contribution in [-0.2, 0) is 0 Å². The standard InChI is InChI=1S/C22H17IN2O3/c1-12-3-5-18-20(9-12)28-22(25-18)16-10-15(4-6-19(16)26)24-11-14-7-13(2)8-17(23)21(14)27/h3-11,26-27H,1-2H3. The molecule has 0 amide bonds. The van der Waals surface area contributed by atoms with Gasteiger partial charge in [0.05, 0.1) is 14.8 Å². The third-order valence-electron chi connectivity index (χ3n) is 4.34. The summed E-state index contributed by atoms with van der Waals surface area (Å²) < 4.78 is 6.59. The van der Waals surface area contributed by atoms with Crippen molar-refractivity contribution < 1.29 is 14.6 Å². The molecule has 0 aliphatic rings. The van der Waals surface area contributed by atoms with E-state index < -0.39 is 0 Å². The Kier molecular flexibility index (Phi) is 4.80. The molecule has 0 aliphatic carbocycles. The summed E-state index contributed by atoms with van der Waals surface area (Å²) in [6.07, 6.45) is 1.61. The van der Waals surface area contributed by atoms with Crippen molar-refractivity contribution in [2.45, 2.75) is 13.8 Å². The zero-order chi connectivity index (χ0) is 19.8. The van der Waals surface area contributed by atoms with E-state index in [0.717, 1.165) is 20.2 Å². The lowest BCUT2D eigenvalue weighted by molar-refractivity contribution is 0.470. The molecule has 0 radical (unpaired) electrons. The van der Waals surface area contributed by atoms with Crippen molar-refractivity contribution in [2.75, 3.05) is 0 Å². The molecule has 3 aromatic carbocycles. The molecule has 0 atom stereocenters. The first-order chi connectivity index (χ1) is 13.4. The number of phenols is 2. The summed E-state index contributed by atoms with van der Waals surface area (Å²) >= 11 is 2.09.